The average Bonchev–Trinajstić information content (AvgIpc) is 3.09. The third kappa shape index (κ3) is 24.0. The summed E-state index contributed by atoms with van der Waals surface area (Å²) in [6.07, 6.45) is 9.64. The molecular weight excluding hydrogens is 1080 g/mol. The molecule has 2 unspecified atom stereocenters. The van der Waals surface area contributed by atoms with E-state index in [0.29, 0.717) is 65.0 Å². The Kier molecular flexibility index (Phi) is 27.0. The first-order chi connectivity index (χ1) is 38.9. The van der Waals surface area contributed by atoms with Crippen LogP contribution in [0.3, 0.4) is 0 Å². The maximum Gasteiger partial charge on any atom is 0.413 e. The second-order valence-corrected chi connectivity index (χ2v) is 25.5. The minimum atomic E-state index is -1.59. The maximum absolute atomic E-state index is 12.8. The molecule has 6 heterocycles. The zero-order chi connectivity index (χ0) is 63.6. The van der Waals surface area contributed by atoms with E-state index < -0.39 is 58.9 Å². The zero-order valence-electron chi connectivity index (χ0n) is 52.9. The Balaban J connectivity index is 0.000000309. The van der Waals surface area contributed by atoms with Crippen LogP contribution in [0, 0.1) is 56.3 Å². The van der Waals surface area contributed by atoms with E-state index in [-0.39, 0.29) is 29.5 Å². The number of amides is 7. The van der Waals surface area contributed by atoms with Crippen LogP contribution >= 0.6 is 0 Å². The Morgan fingerprint density at radius 1 is 0.548 bits per heavy atom. The molecule has 3 saturated heterocycles. The summed E-state index contributed by atoms with van der Waals surface area (Å²) in [6, 6.07) is 5.84. The fourth-order valence-corrected chi connectivity index (χ4v) is 9.61. The van der Waals surface area contributed by atoms with Gasteiger partial charge in [-0.05, 0) is 178 Å². The highest BCUT2D eigenvalue weighted by Crippen LogP contribution is 2.29. The first-order valence-electron chi connectivity index (χ1n) is 29.1. The van der Waals surface area contributed by atoms with Crippen molar-refractivity contribution >= 4 is 82.2 Å². The van der Waals surface area contributed by atoms with Crippen molar-refractivity contribution in [3.05, 3.63) is 53.5 Å². The van der Waals surface area contributed by atoms with Crippen LogP contribution in [-0.2, 0) is 38.2 Å². The molecule has 0 saturated carbocycles. The normalized spacial score (nSPS) is 19.6. The molecule has 84 heavy (non-hydrogen) atoms. The number of carboxylic acids is 1. The Hall–Kier alpha value is -7.43. The van der Waals surface area contributed by atoms with Crippen molar-refractivity contribution < 1.29 is 52.9 Å². The topological polar surface area (TPSA) is 319 Å². The van der Waals surface area contributed by atoms with Gasteiger partial charge in [0.2, 0.25) is 0 Å². The van der Waals surface area contributed by atoms with Crippen molar-refractivity contribution in [2.75, 3.05) is 52.0 Å². The smallest absolute Gasteiger partial charge is 0.413 e. The Morgan fingerprint density at radius 3 is 1.24 bits per heavy atom. The minimum absolute atomic E-state index is 0.0692. The number of likely N-dealkylation sites (tertiary alicyclic amines) is 2. The van der Waals surface area contributed by atoms with E-state index in [0.717, 1.165) is 49.1 Å². The van der Waals surface area contributed by atoms with Crippen molar-refractivity contribution in [3.63, 3.8) is 0 Å². The number of hydrogen-bond donors (Lipinski definition) is 8. The lowest BCUT2D eigenvalue weighted by molar-refractivity contribution is -0.147. The molecule has 0 radical (unpaired) electrons. The number of nitrogens with zero attached hydrogens (tertiary/aromatic N) is 5. The number of aromatic nitrogens is 3. The maximum atomic E-state index is 12.8. The van der Waals surface area contributed by atoms with E-state index in [1.54, 1.807) is 84.2 Å². The fraction of sp³-hybridized carbons (Fsp3) is 0.623. The van der Waals surface area contributed by atoms with Gasteiger partial charge in [-0.3, -0.25) is 34.6 Å². The van der Waals surface area contributed by atoms with Crippen molar-refractivity contribution in [1.29, 1.82) is 0 Å². The minimum Gasteiger partial charge on any atom is -0.474 e. The Labute approximate surface area is 496 Å². The van der Waals surface area contributed by atoms with Gasteiger partial charge in [-0.25, -0.2) is 29.3 Å². The van der Waals surface area contributed by atoms with E-state index in [1.807, 2.05) is 0 Å². The number of nitrogen functional groups attached to an aromatic ring is 1. The number of aryl methyl sites for hydroxylation is 3. The number of hydrogen-bond acceptors (Lipinski definition) is 15. The molecule has 9 N–H and O–H groups in total. The average molecular weight is 1170 g/mol. The van der Waals surface area contributed by atoms with Gasteiger partial charge in [0.15, 0.2) is 0 Å². The predicted molar refractivity (Wildman–Crippen MR) is 327 cm³/mol. The lowest BCUT2D eigenvalue weighted by Gasteiger charge is -2.40. The number of carbonyl (C=O) groups excluding carboxylic acids is 7. The van der Waals surface area contributed by atoms with E-state index in [1.165, 1.54) is 44.0 Å². The summed E-state index contributed by atoms with van der Waals surface area (Å²) in [5.41, 5.74) is 7.46. The number of pyridine rings is 3. The van der Waals surface area contributed by atoms with Crippen LogP contribution in [0.15, 0.2) is 36.8 Å². The van der Waals surface area contributed by atoms with Gasteiger partial charge in [-0.1, -0.05) is 62.3 Å². The number of ether oxygens (including phenoxy) is 2. The van der Waals surface area contributed by atoms with E-state index >= 15 is 0 Å². The lowest BCUT2D eigenvalue weighted by atomic mass is 9.88. The third-order valence-electron chi connectivity index (χ3n) is 14.2. The third-order valence-corrected chi connectivity index (χ3v) is 14.2. The SMILES string of the molecule is CC1CCC(C(C)C)NC1.Cc1cc(NC(=O)C(=O)N2C[C@H](C)CC[C@H]2C(C)C)cnc1N.Cc1cc(NC(=O)C(=O)N2C[C@H](C)CC[C@H]2C(C)C)cnc1NC(=O)OC(C)(C)C.Cc1cc(NC(=O)C(=O)O)cnc1NC(=O)OC(C)(C)C. The van der Waals surface area contributed by atoms with Gasteiger partial charge in [0.1, 0.15) is 28.7 Å². The zero-order valence-corrected chi connectivity index (χ0v) is 52.9. The molecule has 6 rings (SSSR count). The summed E-state index contributed by atoms with van der Waals surface area (Å²) < 4.78 is 10.3. The van der Waals surface area contributed by atoms with Gasteiger partial charge >= 0.3 is 47.7 Å². The van der Waals surface area contributed by atoms with E-state index in [2.05, 4.69) is 109 Å². The van der Waals surface area contributed by atoms with Crippen LogP contribution in [0.1, 0.15) is 159 Å². The number of anilines is 6. The number of nitrogens with one attached hydrogen (secondary N) is 6. The molecule has 0 spiro atoms. The molecule has 3 aliphatic heterocycles. The summed E-state index contributed by atoms with van der Waals surface area (Å²) in [5, 5.41) is 24.5. The van der Waals surface area contributed by atoms with Crippen molar-refractivity contribution in [3.8, 4) is 0 Å². The number of nitrogens with two attached hydrogens (primary N) is 1. The van der Waals surface area contributed by atoms with Crippen molar-refractivity contribution in [1.82, 2.24) is 30.1 Å². The fourth-order valence-electron chi connectivity index (χ4n) is 9.61. The van der Waals surface area contributed by atoms with Crippen LogP contribution in [0.25, 0.3) is 0 Å². The molecule has 0 bridgehead atoms. The summed E-state index contributed by atoms with van der Waals surface area (Å²) >= 11 is 0. The molecule has 6 atom stereocenters. The molecule has 466 valence electrons. The summed E-state index contributed by atoms with van der Waals surface area (Å²) in [4.78, 5) is 111. The largest absolute Gasteiger partial charge is 0.474 e. The van der Waals surface area contributed by atoms with Gasteiger partial charge in [-0.15, -0.1) is 0 Å². The van der Waals surface area contributed by atoms with Gasteiger partial charge in [0.05, 0.1) is 35.7 Å². The molecule has 3 aliphatic rings. The molecular formula is C61H96N12O11. The van der Waals surface area contributed by atoms with Crippen LogP contribution in [0.2, 0.25) is 0 Å². The number of rotatable bonds is 8. The molecule has 0 aliphatic carbocycles. The Bertz CT molecular complexity index is 2750. The highest BCUT2D eigenvalue weighted by Gasteiger charge is 2.36. The van der Waals surface area contributed by atoms with Crippen LogP contribution in [0.5, 0.6) is 0 Å². The van der Waals surface area contributed by atoms with Gasteiger partial charge < -0.3 is 51.4 Å². The first-order valence-corrected chi connectivity index (χ1v) is 29.1. The number of carboxylic acid groups (broad SMARTS) is 1. The molecule has 23 nitrogen and oxygen atoms in total. The highest BCUT2D eigenvalue weighted by molar-refractivity contribution is 6.40. The summed E-state index contributed by atoms with van der Waals surface area (Å²) in [6.45, 7) is 37.6. The van der Waals surface area contributed by atoms with Crippen molar-refractivity contribution in [2.45, 2.75) is 192 Å². The predicted octanol–water partition coefficient (Wildman–Crippen LogP) is 9.94. The molecule has 7 amide bonds. The van der Waals surface area contributed by atoms with E-state index in [9.17, 15) is 38.4 Å². The molecule has 0 aromatic carbocycles. The van der Waals surface area contributed by atoms with Gasteiger partial charge in [-0.2, -0.15) is 0 Å². The summed E-state index contributed by atoms with van der Waals surface area (Å²) in [7, 11) is 0. The number of piperidine rings is 3. The van der Waals surface area contributed by atoms with Crippen LogP contribution < -0.4 is 37.6 Å². The van der Waals surface area contributed by atoms with Crippen LogP contribution in [-0.4, -0.2) is 127 Å². The quantitative estimate of drug-likeness (QED) is 0.0973. The molecule has 3 aromatic rings. The standard InChI is InChI=1S/C22H34N4O4.C17H26N4O2.C13H17N3O5.C9H19N/c1-13(2)17-9-8-14(3)12-26(17)20(28)19(27)24-16-10-15(4)18(23-11-16)25-21(29)30-22(5,6)7;1-10(2)14-6-5-11(3)9-21(14)17(23)16(22)20-13-7-12(4)15(18)19-8-13;1-7-5-8(15-10(17)11(18)19)6-14-9(7)16-12(20)21-13(2,3)4;1-7(2)9-5-4-8(3)6-10-9/h10-11,13-14,17H,8-9,12H2,1-7H3,(H,24,27)(H,23,25,29);7-8,10-11,14H,5-6,9H2,1-4H3,(H2,18,19)(H,20,22);5-6H,1-4H3,(H,15,17)(H,18,19)(H,14,16,20);7-10H,4-6H2,1-3H3/t14-,17+;11-,14+;;/m11../s1. The van der Waals surface area contributed by atoms with Crippen LogP contribution in [0.4, 0.5) is 44.1 Å². The lowest BCUT2D eigenvalue weighted by Crippen LogP contribution is -2.52. The van der Waals surface area contributed by atoms with Gasteiger partial charge in [0.25, 0.3) is 0 Å². The molecule has 3 fully saturated rings. The van der Waals surface area contributed by atoms with E-state index in [4.69, 9.17) is 20.3 Å². The van der Waals surface area contributed by atoms with Gasteiger partial charge in [0, 0.05) is 31.2 Å². The number of aliphatic carboxylic acids is 1. The Morgan fingerprint density at radius 2 is 0.917 bits per heavy atom. The van der Waals surface area contributed by atoms with Crippen molar-refractivity contribution in [2.24, 2.45) is 35.5 Å². The molecule has 3 aromatic heterocycles. The second-order valence-electron chi connectivity index (χ2n) is 25.5. The monoisotopic (exact) mass is 1170 g/mol. The highest BCUT2D eigenvalue weighted by atomic mass is 16.6. The summed E-state index contributed by atoms with van der Waals surface area (Å²) in [5.74, 6) is -0.902. The first kappa shape index (κ1) is 70.8. The number of carbonyl (C=O) groups is 8. The second kappa shape index (κ2) is 32.0. The molecule has 23 heteroatoms.